The van der Waals surface area contributed by atoms with Crippen molar-refractivity contribution in [2.24, 2.45) is 0 Å². The lowest BCUT2D eigenvalue weighted by atomic mass is 9.95. The zero-order chi connectivity index (χ0) is 15.0. The van der Waals surface area contributed by atoms with Gasteiger partial charge in [0.2, 0.25) is 10.0 Å². The summed E-state index contributed by atoms with van der Waals surface area (Å²) >= 11 is 4.97. The number of fused-ring (bicyclic) bond motifs is 1. The number of hydrogen-bond acceptors (Lipinski definition) is 4. The molecule has 4 nitrogen and oxygen atoms in total. The second kappa shape index (κ2) is 5.72. The van der Waals surface area contributed by atoms with Crippen molar-refractivity contribution in [2.75, 3.05) is 5.73 Å². The molecule has 0 spiro atoms. The van der Waals surface area contributed by atoms with Crippen LogP contribution in [0.5, 0.6) is 0 Å². The molecule has 0 aliphatic heterocycles. The van der Waals surface area contributed by atoms with Crippen LogP contribution < -0.4 is 10.5 Å². The van der Waals surface area contributed by atoms with Crippen LogP contribution in [0.2, 0.25) is 0 Å². The minimum atomic E-state index is -3.62. The molecule has 1 aromatic carbocycles. The number of hydrogen-bond donors (Lipinski definition) is 2. The van der Waals surface area contributed by atoms with Gasteiger partial charge in [0, 0.05) is 15.4 Å². The van der Waals surface area contributed by atoms with Crippen LogP contribution in [-0.2, 0) is 16.4 Å². The normalized spacial score (nSPS) is 18.4. The van der Waals surface area contributed by atoms with E-state index in [2.05, 4.69) is 20.7 Å². The molecule has 1 heterocycles. The molecular formula is C14H15BrN2O2S2. The maximum absolute atomic E-state index is 12.6. The van der Waals surface area contributed by atoms with Gasteiger partial charge >= 0.3 is 0 Å². The number of nitrogens with two attached hydrogens (primary N) is 1. The van der Waals surface area contributed by atoms with Gasteiger partial charge in [-0.1, -0.05) is 15.9 Å². The van der Waals surface area contributed by atoms with E-state index < -0.39 is 10.0 Å². The van der Waals surface area contributed by atoms with Gasteiger partial charge in [-0.05, 0) is 54.5 Å². The van der Waals surface area contributed by atoms with Crippen LogP contribution in [0.25, 0.3) is 0 Å². The van der Waals surface area contributed by atoms with E-state index in [4.69, 9.17) is 5.73 Å². The maximum Gasteiger partial charge on any atom is 0.243 e. The van der Waals surface area contributed by atoms with Crippen LogP contribution in [0.1, 0.15) is 29.3 Å². The first kappa shape index (κ1) is 15.0. The Kier molecular flexibility index (Phi) is 4.09. The van der Waals surface area contributed by atoms with Gasteiger partial charge in [0.25, 0.3) is 0 Å². The summed E-state index contributed by atoms with van der Waals surface area (Å²) in [7, 11) is -3.62. The Balaban J connectivity index is 1.91. The molecule has 0 saturated heterocycles. The van der Waals surface area contributed by atoms with Crippen LogP contribution in [0, 0.1) is 0 Å². The molecule has 1 aliphatic rings. The topological polar surface area (TPSA) is 72.2 Å². The van der Waals surface area contributed by atoms with Gasteiger partial charge in [-0.25, -0.2) is 13.1 Å². The predicted octanol–water partition coefficient (Wildman–Crippen LogP) is 3.45. The number of benzene rings is 1. The Morgan fingerprint density at radius 1 is 1.33 bits per heavy atom. The minimum absolute atomic E-state index is 0.132. The van der Waals surface area contributed by atoms with Crippen molar-refractivity contribution in [3.8, 4) is 0 Å². The zero-order valence-electron chi connectivity index (χ0n) is 11.2. The minimum Gasteiger partial charge on any atom is -0.398 e. The summed E-state index contributed by atoms with van der Waals surface area (Å²) in [5.41, 5.74) is 7.19. The van der Waals surface area contributed by atoms with Gasteiger partial charge < -0.3 is 5.73 Å². The third kappa shape index (κ3) is 3.01. The van der Waals surface area contributed by atoms with Gasteiger partial charge in [0.15, 0.2) is 0 Å². The Labute approximate surface area is 136 Å². The molecule has 3 N–H and O–H groups in total. The highest BCUT2D eigenvalue weighted by Crippen LogP contribution is 2.34. The smallest absolute Gasteiger partial charge is 0.243 e. The first-order chi connectivity index (χ1) is 9.97. The number of nitrogens with one attached hydrogen (secondary N) is 1. The number of sulfonamides is 1. The van der Waals surface area contributed by atoms with Gasteiger partial charge in [0.1, 0.15) is 4.90 Å². The Hall–Kier alpha value is -0.890. The fraction of sp³-hybridized carbons (Fsp3) is 0.286. The van der Waals surface area contributed by atoms with Crippen molar-refractivity contribution in [3.05, 3.63) is 44.6 Å². The highest BCUT2D eigenvalue weighted by atomic mass is 79.9. The zero-order valence-corrected chi connectivity index (χ0v) is 14.4. The van der Waals surface area contributed by atoms with Crippen molar-refractivity contribution >= 4 is 43.0 Å². The van der Waals surface area contributed by atoms with E-state index in [0.717, 1.165) is 29.3 Å². The third-order valence-corrected chi connectivity index (χ3v) is 6.65. The van der Waals surface area contributed by atoms with Gasteiger partial charge in [-0.3, -0.25) is 0 Å². The lowest BCUT2D eigenvalue weighted by molar-refractivity contribution is 0.511. The molecule has 0 saturated carbocycles. The fourth-order valence-electron chi connectivity index (χ4n) is 2.62. The molecule has 1 aromatic heterocycles. The van der Waals surface area contributed by atoms with Crippen molar-refractivity contribution in [2.45, 2.75) is 30.2 Å². The summed E-state index contributed by atoms with van der Waals surface area (Å²) in [6, 6.07) is 6.66. The van der Waals surface area contributed by atoms with Crippen LogP contribution in [0.4, 0.5) is 5.69 Å². The molecule has 1 unspecified atom stereocenters. The number of anilines is 1. The average Bonchev–Trinajstić information content (AvgIpc) is 2.87. The predicted molar refractivity (Wildman–Crippen MR) is 88.9 cm³/mol. The molecule has 7 heteroatoms. The van der Waals surface area contributed by atoms with E-state index in [1.807, 2.05) is 11.4 Å². The molecule has 3 rings (SSSR count). The van der Waals surface area contributed by atoms with Gasteiger partial charge in [-0.15, -0.1) is 11.3 Å². The SMILES string of the molecule is Nc1cc(Br)ccc1S(=O)(=O)NC1CCCc2sccc21. The Morgan fingerprint density at radius 2 is 2.14 bits per heavy atom. The number of rotatable bonds is 3. The first-order valence-corrected chi connectivity index (χ1v) is 9.76. The lowest BCUT2D eigenvalue weighted by Crippen LogP contribution is -2.31. The van der Waals surface area contributed by atoms with Crippen molar-refractivity contribution < 1.29 is 8.42 Å². The van der Waals surface area contributed by atoms with Crippen molar-refractivity contribution in [1.29, 1.82) is 0 Å². The fourth-order valence-corrected chi connectivity index (χ4v) is 5.35. The summed E-state index contributed by atoms with van der Waals surface area (Å²) in [6.07, 6.45) is 2.85. The molecule has 0 radical (unpaired) electrons. The van der Waals surface area contributed by atoms with E-state index in [1.165, 1.54) is 10.9 Å². The van der Waals surface area contributed by atoms with Crippen molar-refractivity contribution in [3.63, 3.8) is 0 Å². The summed E-state index contributed by atoms with van der Waals surface area (Å²) in [4.78, 5) is 1.41. The highest BCUT2D eigenvalue weighted by molar-refractivity contribution is 9.10. The molecular weight excluding hydrogens is 372 g/mol. The number of aryl methyl sites for hydroxylation is 1. The number of halogens is 1. The standard InChI is InChI=1S/C14H15BrN2O2S2/c15-9-4-5-14(11(16)8-9)21(18,19)17-12-2-1-3-13-10(12)6-7-20-13/h4-8,12,17H,1-3,16H2. The van der Waals surface area contributed by atoms with Crippen LogP contribution >= 0.6 is 27.3 Å². The second-order valence-corrected chi connectivity index (χ2v) is 8.65. The summed E-state index contributed by atoms with van der Waals surface area (Å²) in [5.74, 6) is 0. The number of thiophene rings is 1. The molecule has 0 fully saturated rings. The van der Waals surface area contributed by atoms with Gasteiger partial charge in [0.05, 0.1) is 5.69 Å². The van der Waals surface area contributed by atoms with Crippen LogP contribution in [0.3, 0.4) is 0 Å². The van der Waals surface area contributed by atoms with E-state index in [0.29, 0.717) is 0 Å². The number of nitrogen functional groups attached to an aromatic ring is 1. The Bertz CT molecular complexity index is 771. The van der Waals surface area contributed by atoms with Gasteiger partial charge in [-0.2, -0.15) is 0 Å². The van der Waals surface area contributed by atoms with Crippen LogP contribution in [-0.4, -0.2) is 8.42 Å². The monoisotopic (exact) mass is 386 g/mol. The summed E-state index contributed by atoms with van der Waals surface area (Å²) in [5, 5.41) is 2.02. The second-order valence-electron chi connectivity index (χ2n) is 5.05. The van der Waals surface area contributed by atoms with E-state index in [9.17, 15) is 8.42 Å². The summed E-state index contributed by atoms with van der Waals surface area (Å²) < 4.78 is 28.7. The lowest BCUT2D eigenvalue weighted by Gasteiger charge is -2.23. The first-order valence-electron chi connectivity index (χ1n) is 6.61. The molecule has 21 heavy (non-hydrogen) atoms. The average molecular weight is 387 g/mol. The van der Waals surface area contributed by atoms with E-state index in [1.54, 1.807) is 23.5 Å². The Morgan fingerprint density at radius 3 is 2.90 bits per heavy atom. The molecule has 0 bridgehead atoms. The molecule has 1 atom stereocenters. The molecule has 1 aliphatic carbocycles. The molecule has 0 amide bonds. The quantitative estimate of drug-likeness (QED) is 0.793. The van der Waals surface area contributed by atoms with E-state index >= 15 is 0 Å². The highest BCUT2D eigenvalue weighted by Gasteiger charge is 2.27. The largest absolute Gasteiger partial charge is 0.398 e. The van der Waals surface area contributed by atoms with Crippen molar-refractivity contribution in [1.82, 2.24) is 4.72 Å². The molecule has 2 aromatic rings. The van der Waals surface area contributed by atoms with E-state index in [-0.39, 0.29) is 16.6 Å². The maximum atomic E-state index is 12.6. The summed E-state index contributed by atoms with van der Waals surface area (Å²) in [6.45, 7) is 0. The molecule has 112 valence electrons. The third-order valence-electron chi connectivity index (χ3n) is 3.61. The van der Waals surface area contributed by atoms with Crippen LogP contribution in [0.15, 0.2) is 39.0 Å².